The first-order chi connectivity index (χ1) is 15.0. The molecule has 4 amide bonds. The van der Waals surface area contributed by atoms with Crippen LogP contribution in [0.1, 0.15) is 59.3 Å². The van der Waals surface area contributed by atoms with E-state index in [0.29, 0.717) is 38.8 Å². The Hall–Kier alpha value is -1.20. The number of unbranched alkanes of at least 4 members (excludes halogenated alkanes) is 2. The number of Topliss-reactive ketones (excluding diaryl/α,β-unsaturated/α-hetero) is 1. The number of carbonyl (C=O) groups is 4. The molecule has 0 saturated carbocycles. The summed E-state index contributed by atoms with van der Waals surface area (Å²) >= 11 is 6.76. The van der Waals surface area contributed by atoms with Crippen LogP contribution in [0.15, 0.2) is 0 Å². The summed E-state index contributed by atoms with van der Waals surface area (Å²) in [5.74, 6) is -0.738. The molecule has 5 N–H and O–H groups in total. The van der Waals surface area contributed by atoms with Gasteiger partial charge in [-0.2, -0.15) is 0 Å². The lowest BCUT2D eigenvalue weighted by molar-refractivity contribution is -0.132. The molecule has 0 radical (unpaired) electrons. The molecule has 0 aromatic rings. The highest BCUT2D eigenvalue weighted by atomic mass is 79.9. The molecule has 0 unspecified atom stereocenters. The van der Waals surface area contributed by atoms with Gasteiger partial charge in [0.25, 0.3) is 0 Å². The van der Waals surface area contributed by atoms with Crippen LogP contribution in [0.25, 0.3) is 0 Å². The minimum atomic E-state index is -0.697. The zero-order valence-electron chi connectivity index (χ0n) is 19.3. The lowest BCUT2D eigenvalue weighted by Gasteiger charge is -2.25. The highest BCUT2D eigenvalue weighted by Crippen LogP contribution is 2.19. The van der Waals surface area contributed by atoms with E-state index in [1.165, 1.54) is 0 Å². The molecule has 11 heteroatoms. The lowest BCUT2D eigenvalue weighted by atomic mass is 9.85. The first-order valence-corrected chi connectivity index (χ1v) is 13.1. The van der Waals surface area contributed by atoms with E-state index in [0.717, 1.165) is 23.5 Å². The molecule has 9 nitrogen and oxygen atoms in total. The van der Waals surface area contributed by atoms with Crippen molar-refractivity contribution in [3.63, 3.8) is 0 Å². The Balaban J connectivity index is 4.27. The molecule has 0 aliphatic heterocycles. The molecule has 0 aromatic carbocycles. The van der Waals surface area contributed by atoms with Crippen molar-refractivity contribution < 1.29 is 23.9 Å². The third-order valence-electron chi connectivity index (χ3n) is 4.55. The maximum absolute atomic E-state index is 12.6. The summed E-state index contributed by atoms with van der Waals surface area (Å²) in [4.78, 5) is 47.7. The number of nitrogens with two attached hydrogens (primary N) is 1. The van der Waals surface area contributed by atoms with Gasteiger partial charge in [-0.05, 0) is 25.7 Å². The molecule has 0 aliphatic carbocycles. The Morgan fingerprint density at radius 1 is 0.938 bits per heavy atom. The van der Waals surface area contributed by atoms with Gasteiger partial charge < -0.3 is 26.4 Å². The smallest absolute Gasteiger partial charge is 0.312 e. The predicted molar refractivity (Wildman–Crippen MR) is 132 cm³/mol. The molecule has 0 rings (SSSR count). The van der Waals surface area contributed by atoms with Crippen LogP contribution in [0, 0.1) is 5.41 Å². The van der Waals surface area contributed by atoms with Crippen molar-refractivity contribution in [1.29, 1.82) is 0 Å². The number of halogens is 2. The van der Waals surface area contributed by atoms with Gasteiger partial charge in [0.15, 0.2) is 5.78 Å². The molecule has 1 atom stereocenters. The molecule has 0 aromatic heterocycles. The number of carbonyl (C=O) groups excluding carboxylic acids is 4. The number of hydrogen-bond acceptors (Lipinski definition) is 5. The average molecular weight is 586 g/mol. The number of primary amides is 1. The largest absolute Gasteiger partial charge is 0.376 e. The van der Waals surface area contributed by atoms with Crippen LogP contribution in [0.4, 0.5) is 4.79 Å². The van der Waals surface area contributed by atoms with Crippen LogP contribution in [0.3, 0.4) is 0 Å². The number of amides is 4. The summed E-state index contributed by atoms with van der Waals surface area (Å²) in [7, 11) is 0. The van der Waals surface area contributed by atoms with Crippen LogP contribution >= 0.6 is 31.9 Å². The van der Waals surface area contributed by atoms with E-state index < -0.39 is 23.4 Å². The standard InChI is InChI=1S/C21H38Br2N4O5/c1-21(2,3)19(30)16(8-7-10-25-20(24)31)27-18(29)14-26-17(28)9-5-4-6-11-32-15(12-22)13-23/h15-16H,4-14H2,1-3H3,(H,26,28)(H,27,29)(H3,24,25,31)/t16-/m0/s1. The number of nitrogens with one attached hydrogen (secondary N) is 3. The molecule has 0 bridgehead atoms. The van der Waals surface area contributed by atoms with E-state index in [2.05, 4.69) is 47.8 Å². The highest BCUT2D eigenvalue weighted by molar-refractivity contribution is 9.09. The third kappa shape index (κ3) is 15.6. The first kappa shape index (κ1) is 30.8. The van der Waals surface area contributed by atoms with Crippen LogP contribution in [0.5, 0.6) is 0 Å². The summed E-state index contributed by atoms with van der Waals surface area (Å²) in [6.45, 7) is 6.11. The summed E-state index contributed by atoms with van der Waals surface area (Å²) in [5.41, 5.74) is 4.40. The number of ketones is 1. The van der Waals surface area contributed by atoms with Gasteiger partial charge in [-0.25, -0.2) is 4.79 Å². The Labute approximate surface area is 208 Å². The fourth-order valence-electron chi connectivity index (χ4n) is 2.77. The van der Waals surface area contributed by atoms with Gasteiger partial charge in [-0.1, -0.05) is 59.1 Å². The van der Waals surface area contributed by atoms with Crippen molar-refractivity contribution in [2.24, 2.45) is 11.1 Å². The molecular weight excluding hydrogens is 548 g/mol. The minimum absolute atomic E-state index is 0.111. The zero-order chi connectivity index (χ0) is 24.6. The van der Waals surface area contributed by atoms with Gasteiger partial charge in [-0.15, -0.1) is 0 Å². The maximum atomic E-state index is 12.6. The second-order valence-corrected chi connectivity index (χ2v) is 9.85. The van der Waals surface area contributed by atoms with Crippen LogP contribution in [-0.2, 0) is 19.1 Å². The summed E-state index contributed by atoms with van der Waals surface area (Å²) < 4.78 is 5.65. The maximum Gasteiger partial charge on any atom is 0.312 e. The van der Waals surface area contributed by atoms with Gasteiger partial charge >= 0.3 is 6.03 Å². The molecule has 0 saturated heterocycles. The molecule has 0 spiro atoms. The Morgan fingerprint density at radius 3 is 2.16 bits per heavy atom. The number of alkyl halides is 2. The van der Waals surface area contributed by atoms with Crippen molar-refractivity contribution in [2.75, 3.05) is 30.4 Å². The van der Waals surface area contributed by atoms with Crippen molar-refractivity contribution in [1.82, 2.24) is 16.0 Å². The van der Waals surface area contributed by atoms with Gasteiger partial charge in [-0.3, -0.25) is 14.4 Å². The minimum Gasteiger partial charge on any atom is -0.376 e. The van der Waals surface area contributed by atoms with E-state index in [-0.39, 0.29) is 24.3 Å². The number of ether oxygens (including phenoxy) is 1. The molecule has 186 valence electrons. The zero-order valence-corrected chi connectivity index (χ0v) is 22.5. The van der Waals surface area contributed by atoms with Crippen LogP contribution in [-0.4, -0.2) is 66.1 Å². The number of hydrogen-bond donors (Lipinski definition) is 4. The topological polar surface area (TPSA) is 140 Å². The highest BCUT2D eigenvalue weighted by Gasteiger charge is 2.30. The molecule has 0 heterocycles. The van der Waals surface area contributed by atoms with Crippen LogP contribution < -0.4 is 21.7 Å². The fraction of sp³-hybridized carbons (Fsp3) is 0.810. The van der Waals surface area contributed by atoms with Crippen molar-refractivity contribution >= 4 is 55.5 Å². The average Bonchev–Trinajstić information content (AvgIpc) is 2.72. The molecule has 32 heavy (non-hydrogen) atoms. The van der Waals surface area contributed by atoms with E-state index in [4.69, 9.17) is 10.5 Å². The second-order valence-electron chi connectivity index (χ2n) is 8.56. The van der Waals surface area contributed by atoms with Gasteiger partial charge in [0, 0.05) is 35.6 Å². The van der Waals surface area contributed by atoms with Crippen molar-refractivity contribution in [3.8, 4) is 0 Å². The normalized spacial score (nSPS) is 12.3. The molecular formula is C21H38Br2N4O5. The Kier molecular flexibility index (Phi) is 16.7. The third-order valence-corrected chi connectivity index (χ3v) is 6.00. The monoisotopic (exact) mass is 584 g/mol. The number of urea groups is 1. The number of rotatable bonds is 17. The van der Waals surface area contributed by atoms with Gasteiger partial charge in [0.2, 0.25) is 11.8 Å². The molecule has 0 aliphatic rings. The fourth-order valence-corrected chi connectivity index (χ4v) is 4.21. The van der Waals surface area contributed by atoms with Crippen molar-refractivity contribution in [2.45, 2.75) is 71.4 Å². The van der Waals surface area contributed by atoms with Gasteiger partial charge in [0.1, 0.15) is 0 Å². The summed E-state index contributed by atoms with van der Waals surface area (Å²) in [6.07, 6.45) is 3.76. The Bertz CT molecular complexity index is 595. The summed E-state index contributed by atoms with van der Waals surface area (Å²) in [6, 6.07) is -1.33. The first-order valence-electron chi connectivity index (χ1n) is 10.9. The quantitative estimate of drug-likeness (QED) is 0.153. The van der Waals surface area contributed by atoms with Crippen molar-refractivity contribution in [3.05, 3.63) is 0 Å². The summed E-state index contributed by atoms with van der Waals surface area (Å²) in [5, 5.41) is 9.30. The Morgan fingerprint density at radius 2 is 1.59 bits per heavy atom. The van der Waals surface area contributed by atoms with E-state index in [1.54, 1.807) is 20.8 Å². The van der Waals surface area contributed by atoms with E-state index in [9.17, 15) is 19.2 Å². The predicted octanol–water partition coefficient (Wildman–Crippen LogP) is 2.39. The van der Waals surface area contributed by atoms with Crippen LogP contribution in [0.2, 0.25) is 0 Å². The second kappa shape index (κ2) is 17.3. The van der Waals surface area contributed by atoms with E-state index in [1.807, 2.05) is 0 Å². The SMILES string of the molecule is CC(C)(C)C(=O)[C@H](CCCNC(N)=O)NC(=O)CNC(=O)CCCCCOC(CBr)CBr. The van der Waals surface area contributed by atoms with E-state index >= 15 is 0 Å². The lowest BCUT2D eigenvalue weighted by Crippen LogP contribution is -2.49. The van der Waals surface area contributed by atoms with Gasteiger partial charge in [0.05, 0.1) is 18.7 Å². The molecule has 0 fully saturated rings.